The van der Waals surface area contributed by atoms with Gasteiger partial charge in [-0.2, -0.15) is 0 Å². The van der Waals surface area contributed by atoms with Crippen molar-refractivity contribution < 1.29 is 14.0 Å². The maximum absolute atomic E-state index is 14.7. The molecule has 0 aliphatic rings. The zero-order valence-corrected chi connectivity index (χ0v) is 17.0. The molecule has 0 radical (unpaired) electrons. The predicted molar refractivity (Wildman–Crippen MR) is 108 cm³/mol. The normalized spacial score (nSPS) is 12.3. The number of para-hydroxylation sites is 1. The second-order valence-corrected chi connectivity index (χ2v) is 7.95. The number of hydrogen-bond donors (Lipinski definition) is 1. The lowest BCUT2D eigenvalue weighted by Crippen LogP contribution is -2.49. The van der Waals surface area contributed by atoms with Crippen LogP contribution >= 0.6 is 11.5 Å². The average Bonchev–Trinajstić information content (AvgIpc) is 3.20. The van der Waals surface area contributed by atoms with E-state index in [0.29, 0.717) is 5.56 Å². The molecule has 29 heavy (non-hydrogen) atoms. The molecule has 1 aromatic carbocycles. The fourth-order valence-electron chi connectivity index (χ4n) is 2.80. The van der Waals surface area contributed by atoms with Crippen LogP contribution in [0, 0.1) is 5.82 Å². The Balaban J connectivity index is 2.18. The van der Waals surface area contributed by atoms with Crippen LogP contribution in [0.5, 0.6) is 0 Å². The number of benzene rings is 1. The second-order valence-electron chi connectivity index (χ2n) is 7.34. The first-order chi connectivity index (χ1) is 13.8. The van der Waals surface area contributed by atoms with E-state index in [0.717, 1.165) is 16.4 Å². The Labute approximate surface area is 171 Å². The molecular formula is C20H20FN5O2S. The molecule has 0 saturated heterocycles. The molecule has 0 fully saturated rings. The van der Waals surface area contributed by atoms with Crippen LogP contribution in [-0.4, -0.2) is 31.9 Å². The maximum atomic E-state index is 14.7. The van der Waals surface area contributed by atoms with Crippen molar-refractivity contribution in [2.24, 2.45) is 0 Å². The van der Waals surface area contributed by atoms with Gasteiger partial charge in [0.25, 0.3) is 5.91 Å². The summed E-state index contributed by atoms with van der Waals surface area (Å²) in [5.74, 6) is -1.72. The Morgan fingerprint density at radius 3 is 2.41 bits per heavy atom. The van der Waals surface area contributed by atoms with Gasteiger partial charge in [-0.25, -0.2) is 4.39 Å². The quantitative estimate of drug-likeness (QED) is 0.693. The first-order valence-electron chi connectivity index (χ1n) is 8.85. The van der Waals surface area contributed by atoms with E-state index >= 15 is 0 Å². The van der Waals surface area contributed by atoms with Gasteiger partial charge in [-0.15, -0.1) is 5.10 Å². The SMILES string of the molecule is CC(C)(C)NC(=O)[C@@H](c1ccncc1)N(C(=O)c1csnn1)c1ccccc1F. The third-order valence-corrected chi connectivity index (χ3v) is 4.44. The third kappa shape index (κ3) is 4.80. The lowest BCUT2D eigenvalue weighted by atomic mass is 10.0. The van der Waals surface area contributed by atoms with Gasteiger partial charge in [-0.05, 0) is 62.1 Å². The average molecular weight is 413 g/mol. The van der Waals surface area contributed by atoms with Gasteiger partial charge in [0.2, 0.25) is 5.91 Å². The summed E-state index contributed by atoms with van der Waals surface area (Å²) in [6, 6.07) is 7.90. The first-order valence-corrected chi connectivity index (χ1v) is 9.68. The maximum Gasteiger partial charge on any atom is 0.280 e. The van der Waals surface area contributed by atoms with E-state index in [2.05, 4.69) is 19.9 Å². The van der Waals surface area contributed by atoms with E-state index < -0.39 is 29.2 Å². The molecule has 3 rings (SSSR count). The minimum Gasteiger partial charge on any atom is -0.349 e. The van der Waals surface area contributed by atoms with Crippen LogP contribution in [0.4, 0.5) is 10.1 Å². The highest BCUT2D eigenvalue weighted by atomic mass is 32.1. The van der Waals surface area contributed by atoms with Crippen LogP contribution in [-0.2, 0) is 4.79 Å². The number of pyridine rings is 1. The number of anilines is 1. The van der Waals surface area contributed by atoms with Crippen molar-refractivity contribution in [3.8, 4) is 0 Å². The van der Waals surface area contributed by atoms with Crippen molar-refractivity contribution in [3.05, 3.63) is 71.2 Å². The van der Waals surface area contributed by atoms with Crippen LogP contribution in [0.1, 0.15) is 42.9 Å². The van der Waals surface area contributed by atoms with E-state index in [9.17, 15) is 14.0 Å². The van der Waals surface area contributed by atoms with Crippen molar-refractivity contribution in [1.82, 2.24) is 19.9 Å². The summed E-state index contributed by atoms with van der Waals surface area (Å²) in [7, 11) is 0. The van der Waals surface area contributed by atoms with Crippen LogP contribution < -0.4 is 10.2 Å². The summed E-state index contributed by atoms with van der Waals surface area (Å²) in [5, 5.41) is 8.15. The fraction of sp³-hybridized carbons (Fsp3) is 0.250. The summed E-state index contributed by atoms with van der Waals surface area (Å²) >= 11 is 0.998. The van der Waals surface area contributed by atoms with Gasteiger partial charge < -0.3 is 5.32 Å². The number of aromatic nitrogens is 3. The molecule has 150 valence electrons. The summed E-state index contributed by atoms with van der Waals surface area (Å²) in [4.78, 5) is 31.7. The molecule has 0 spiro atoms. The Bertz CT molecular complexity index is 990. The summed E-state index contributed by atoms with van der Waals surface area (Å²) in [6.07, 6.45) is 3.03. The van der Waals surface area contributed by atoms with Crippen molar-refractivity contribution in [3.63, 3.8) is 0 Å². The number of nitrogens with one attached hydrogen (secondary N) is 1. The Morgan fingerprint density at radius 1 is 1.14 bits per heavy atom. The zero-order valence-electron chi connectivity index (χ0n) is 16.2. The first kappa shape index (κ1) is 20.5. The van der Waals surface area contributed by atoms with E-state index in [-0.39, 0.29) is 11.4 Å². The van der Waals surface area contributed by atoms with E-state index in [1.54, 1.807) is 18.2 Å². The number of hydrogen-bond acceptors (Lipinski definition) is 6. The van der Waals surface area contributed by atoms with Crippen molar-refractivity contribution >= 4 is 29.0 Å². The molecule has 7 nitrogen and oxygen atoms in total. The van der Waals surface area contributed by atoms with Crippen molar-refractivity contribution in [1.29, 1.82) is 0 Å². The number of amides is 2. The smallest absolute Gasteiger partial charge is 0.280 e. The molecule has 0 aliphatic carbocycles. The fourth-order valence-corrected chi connectivity index (χ4v) is 3.23. The van der Waals surface area contributed by atoms with Crippen LogP contribution in [0.15, 0.2) is 54.2 Å². The van der Waals surface area contributed by atoms with E-state index in [1.807, 2.05) is 20.8 Å². The zero-order chi connectivity index (χ0) is 21.0. The molecule has 0 aliphatic heterocycles. The van der Waals surface area contributed by atoms with Crippen molar-refractivity contribution in [2.75, 3.05) is 4.90 Å². The number of nitrogens with zero attached hydrogens (tertiary/aromatic N) is 4. The van der Waals surface area contributed by atoms with E-state index in [4.69, 9.17) is 0 Å². The van der Waals surface area contributed by atoms with Gasteiger partial charge >= 0.3 is 0 Å². The van der Waals surface area contributed by atoms with Gasteiger partial charge in [-0.3, -0.25) is 19.5 Å². The number of rotatable bonds is 5. The highest BCUT2D eigenvalue weighted by molar-refractivity contribution is 7.03. The molecule has 1 N–H and O–H groups in total. The summed E-state index contributed by atoms with van der Waals surface area (Å²) in [5.41, 5.74) is -0.0760. The van der Waals surface area contributed by atoms with Crippen LogP contribution in [0.2, 0.25) is 0 Å². The number of carbonyl (C=O) groups excluding carboxylic acids is 2. The standard InChI is InChI=1S/C20H20FN5O2S/c1-20(2,3)23-18(27)17(13-8-10-22-11-9-13)26(16-7-5-4-6-14(16)21)19(28)15-12-29-25-24-15/h4-12,17H,1-3H3,(H,23,27)/t17-/m1/s1. The van der Waals surface area contributed by atoms with Gasteiger partial charge in [0, 0.05) is 23.3 Å². The largest absolute Gasteiger partial charge is 0.349 e. The summed E-state index contributed by atoms with van der Waals surface area (Å²) < 4.78 is 18.5. The van der Waals surface area contributed by atoms with Crippen LogP contribution in [0.3, 0.4) is 0 Å². The molecule has 9 heteroatoms. The van der Waals surface area contributed by atoms with Gasteiger partial charge in [0.15, 0.2) is 5.69 Å². The Hall–Kier alpha value is -3.20. The third-order valence-electron chi connectivity index (χ3n) is 3.94. The van der Waals surface area contributed by atoms with Crippen molar-refractivity contribution in [2.45, 2.75) is 32.4 Å². The molecule has 0 unspecified atom stereocenters. The number of carbonyl (C=O) groups is 2. The molecule has 0 bridgehead atoms. The predicted octanol–water partition coefficient (Wildman–Crippen LogP) is 3.38. The Kier molecular flexibility index (Phi) is 5.97. The molecule has 2 amide bonds. The highest BCUT2D eigenvalue weighted by Crippen LogP contribution is 2.31. The monoisotopic (exact) mass is 413 g/mol. The Morgan fingerprint density at radius 2 is 1.83 bits per heavy atom. The molecular weight excluding hydrogens is 393 g/mol. The van der Waals surface area contributed by atoms with Crippen LogP contribution in [0.25, 0.3) is 0 Å². The molecule has 3 aromatic rings. The lowest BCUT2D eigenvalue weighted by Gasteiger charge is -2.33. The summed E-state index contributed by atoms with van der Waals surface area (Å²) in [6.45, 7) is 5.48. The highest BCUT2D eigenvalue weighted by Gasteiger charge is 2.36. The van der Waals surface area contributed by atoms with Gasteiger partial charge in [0.05, 0.1) is 5.69 Å². The molecule has 0 saturated carbocycles. The van der Waals surface area contributed by atoms with Gasteiger partial charge in [0.1, 0.15) is 11.9 Å². The van der Waals surface area contributed by atoms with E-state index in [1.165, 1.54) is 36.0 Å². The lowest BCUT2D eigenvalue weighted by molar-refractivity contribution is -0.123. The minimum absolute atomic E-state index is 0.0286. The number of halogens is 1. The topological polar surface area (TPSA) is 88.1 Å². The molecule has 1 atom stereocenters. The molecule has 2 heterocycles. The van der Waals surface area contributed by atoms with Gasteiger partial charge in [-0.1, -0.05) is 16.6 Å². The molecule has 2 aromatic heterocycles. The minimum atomic E-state index is -1.14. The second kappa shape index (κ2) is 8.44.